The van der Waals surface area contributed by atoms with Gasteiger partial charge in [-0.25, -0.2) is 0 Å². The van der Waals surface area contributed by atoms with Gasteiger partial charge in [-0.05, 0) is 79.7 Å². The van der Waals surface area contributed by atoms with Crippen molar-refractivity contribution in [3.05, 3.63) is 17.5 Å². The monoisotopic (exact) mass is 321 g/mol. The Labute approximate surface area is 137 Å². The van der Waals surface area contributed by atoms with Gasteiger partial charge >= 0.3 is 0 Å². The van der Waals surface area contributed by atoms with Gasteiger partial charge in [0.05, 0.1) is 4.21 Å². The topological polar surface area (TPSA) is 12.0 Å². The lowest BCUT2D eigenvalue weighted by molar-refractivity contribution is -0.0691. The fourth-order valence-corrected chi connectivity index (χ4v) is 7.88. The van der Waals surface area contributed by atoms with Gasteiger partial charge in [0.2, 0.25) is 0 Å². The smallest absolute Gasteiger partial charge is 0.0599 e. The molecule has 1 unspecified atom stereocenters. The minimum Gasteiger partial charge on any atom is -0.313 e. The minimum atomic E-state index is 0.634. The van der Waals surface area contributed by atoms with Crippen molar-refractivity contribution in [1.29, 1.82) is 0 Å². The first-order chi connectivity index (χ1) is 10.3. The third kappa shape index (κ3) is 2.82. The molecule has 1 N–H and O–H groups in total. The molecule has 1 atom stereocenters. The zero-order valence-corrected chi connectivity index (χ0v) is 14.6. The summed E-state index contributed by atoms with van der Waals surface area (Å²) in [5.74, 6) is 4.44. The molecule has 0 amide bonds. The summed E-state index contributed by atoms with van der Waals surface area (Å²) in [5.41, 5.74) is 0.634. The summed E-state index contributed by atoms with van der Waals surface area (Å²) in [6, 6.07) is 5.18. The van der Waals surface area contributed by atoms with Crippen molar-refractivity contribution in [2.75, 3.05) is 12.3 Å². The lowest BCUT2D eigenvalue weighted by atomic mass is 9.48. The highest BCUT2D eigenvalue weighted by molar-refractivity contribution is 8.01. The number of thiophene rings is 1. The molecule has 4 bridgehead atoms. The summed E-state index contributed by atoms with van der Waals surface area (Å²) < 4.78 is 1.49. The molecule has 0 spiro atoms. The Morgan fingerprint density at radius 2 is 1.90 bits per heavy atom. The van der Waals surface area contributed by atoms with E-state index in [9.17, 15) is 0 Å². The van der Waals surface area contributed by atoms with E-state index in [4.69, 9.17) is 0 Å². The summed E-state index contributed by atoms with van der Waals surface area (Å²) in [4.78, 5) is 0. The van der Waals surface area contributed by atoms with Crippen LogP contribution >= 0.6 is 23.1 Å². The van der Waals surface area contributed by atoms with E-state index in [1.165, 1.54) is 29.2 Å². The molecule has 4 saturated carbocycles. The van der Waals surface area contributed by atoms with Crippen LogP contribution in [0.5, 0.6) is 0 Å². The van der Waals surface area contributed by atoms with Gasteiger partial charge in [0.25, 0.3) is 0 Å². The lowest BCUT2D eigenvalue weighted by Crippen LogP contribution is -2.56. The largest absolute Gasteiger partial charge is 0.313 e. The van der Waals surface area contributed by atoms with Crippen molar-refractivity contribution in [3.8, 4) is 0 Å². The van der Waals surface area contributed by atoms with E-state index in [0.717, 1.165) is 30.3 Å². The highest BCUT2D eigenvalue weighted by Gasteiger charge is 2.53. The van der Waals surface area contributed by atoms with Crippen LogP contribution in [0, 0.1) is 23.2 Å². The van der Waals surface area contributed by atoms with Crippen LogP contribution in [-0.4, -0.2) is 18.3 Å². The quantitative estimate of drug-likeness (QED) is 0.737. The van der Waals surface area contributed by atoms with E-state index < -0.39 is 0 Å². The van der Waals surface area contributed by atoms with E-state index in [-0.39, 0.29) is 0 Å². The van der Waals surface area contributed by atoms with Gasteiger partial charge in [-0.15, -0.1) is 23.1 Å². The predicted molar refractivity (Wildman–Crippen MR) is 93.1 cm³/mol. The second kappa shape index (κ2) is 5.90. The number of thioether (sulfide) groups is 1. The van der Waals surface area contributed by atoms with Crippen molar-refractivity contribution in [3.63, 3.8) is 0 Å². The zero-order chi connectivity index (χ0) is 14.3. The van der Waals surface area contributed by atoms with Crippen LogP contribution in [0.4, 0.5) is 0 Å². The van der Waals surface area contributed by atoms with Crippen molar-refractivity contribution in [2.45, 2.75) is 55.7 Å². The first-order valence-corrected chi connectivity index (χ1v) is 10.5. The number of hydrogen-bond acceptors (Lipinski definition) is 3. The molecular weight excluding hydrogens is 294 g/mol. The molecule has 1 aromatic heterocycles. The summed E-state index contributed by atoms with van der Waals surface area (Å²) >= 11 is 3.98. The third-order valence-corrected chi connectivity index (χ3v) is 8.39. The molecule has 116 valence electrons. The molecule has 0 aliphatic heterocycles. The molecule has 0 saturated heterocycles. The van der Waals surface area contributed by atoms with Gasteiger partial charge in [-0.1, -0.05) is 13.0 Å². The van der Waals surface area contributed by atoms with Gasteiger partial charge in [-0.3, -0.25) is 0 Å². The third-order valence-electron chi connectivity index (χ3n) is 6.16. The summed E-state index contributed by atoms with van der Waals surface area (Å²) in [5, 5.41) is 6.09. The molecular formula is C18H27NS2. The fourth-order valence-electron chi connectivity index (χ4n) is 5.81. The molecule has 1 nitrogen and oxygen atoms in total. The van der Waals surface area contributed by atoms with Crippen molar-refractivity contribution in [1.82, 2.24) is 5.32 Å². The molecule has 0 aromatic carbocycles. The van der Waals surface area contributed by atoms with E-state index >= 15 is 0 Å². The summed E-state index contributed by atoms with van der Waals surface area (Å²) in [6.07, 6.45) is 9.20. The molecule has 3 heteroatoms. The van der Waals surface area contributed by atoms with E-state index in [2.05, 4.69) is 41.5 Å². The zero-order valence-electron chi connectivity index (χ0n) is 13.0. The highest BCUT2D eigenvalue weighted by atomic mass is 32.2. The molecule has 0 radical (unpaired) electrons. The Bertz CT molecular complexity index is 432. The molecule has 5 rings (SSSR count). The molecule has 4 aliphatic carbocycles. The standard InChI is InChI=1S/C18H27NS2/c1-2-19-16(12-21-17-4-3-5-20-17)18-9-13-6-14(10-18)8-15(7-13)11-18/h3-5,13-16,19H,2,6-12H2,1H3. The van der Waals surface area contributed by atoms with Crippen LogP contribution in [0.25, 0.3) is 0 Å². The summed E-state index contributed by atoms with van der Waals surface area (Å²) in [7, 11) is 0. The average molecular weight is 322 g/mol. The van der Waals surface area contributed by atoms with Crippen molar-refractivity contribution >= 4 is 23.1 Å². The van der Waals surface area contributed by atoms with Crippen LogP contribution in [-0.2, 0) is 0 Å². The summed E-state index contributed by atoms with van der Waals surface area (Å²) in [6.45, 7) is 3.40. The number of hydrogen-bond donors (Lipinski definition) is 1. The fraction of sp³-hybridized carbons (Fsp3) is 0.778. The highest BCUT2D eigenvalue weighted by Crippen LogP contribution is 2.61. The molecule has 1 heterocycles. The van der Waals surface area contributed by atoms with Crippen LogP contribution in [0.2, 0.25) is 0 Å². The Balaban J connectivity index is 1.50. The maximum absolute atomic E-state index is 3.89. The van der Waals surface area contributed by atoms with Gasteiger partial charge < -0.3 is 5.32 Å². The second-order valence-electron chi connectivity index (χ2n) is 7.63. The molecule has 1 aromatic rings. The molecule has 4 aliphatic rings. The Morgan fingerprint density at radius 1 is 1.24 bits per heavy atom. The predicted octanol–water partition coefficient (Wildman–Crippen LogP) is 5.03. The van der Waals surface area contributed by atoms with Gasteiger partial charge in [0, 0.05) is 11.8 Å². The Hall–Kier alpha value is 0.01000. The van der Waals surface area contributed by atoms with Crippen LogP contribution in [0.15, 0.2) is 21.7 Å². The number of rotatable bonds is 6. The van der Waals surface area contributed by atoms with Crippen molar-refractivity contribution in [2.24, 2.45) is 23.2 Å². The minimum absolute atomic E-state index is 0.634. The second-order valence-corrected chi connectivity index (χ2v) is 9.90. The average Bonchev–Trinajstić information content (AvgIpc) is 2.95. The van der Waals surface area contributed by atoms with Crippen molar-refractivity contribution < 1.29 is 0 Å². The first kappa shape index (κ1) is 14.6. The van der Waals surface area contributed by atoms with Crippen LogP contribution < -0.4 is 5.32 Å². The van der Waals surface area contributed by atoms with E-state index in [1.807, 2.05) is 11.3 Å². The maximum Gasteiger partial charge on any atom is 0.0599 e. The van der Waals surface area contributed by atoms with Gasteiger partial charge in [0.1, 0.15) is 0 Å². The lowest BCUT2D eigenvalue weighted by Gasteiger charge is -2.59. The Kier molecular flexibility index (Phi) is 4.10. The van der Waals surface area contributed by atoms with Crippen LogP contribution in [0.1, 0.15) is 45.4 Å². The molecule has 21 heavy (non-hydrogen) atoms. The van der Waals surface area contributed by atoms with Gasteiger partial charge in [0.15, 0.2) is 0 Å². The SMILES string of the molecule is CCNC(CSc1cccs1)C12CC3CC(CC(C3)C1)C2. The van der Waals surface area contributed by atoms with E-state index in [1.54, 1.807) is 19.3 Å². The van der Waals surface area contributed by atoms with Crippen LogP contribution in [0.3, 0.4) is 0 Å². The normalized spacial score (nSPS) is 38.8. The van der Waals surface area contributed by atoms with Gasteiger partial charge in [-0.2, -0.15) is 0 Å². The Morgan fingerprint density at radius 3 is 2.43 bits per heavy atom. The first-order valence-electron chi connectivity index (χ1n) is 8.67. The molecule has 4 fully saturated rings. The number of nitrogens with one attached hydrogen (secondary N) is 1. The maximum atomic E-state index is 3.89. The van der Waals surface area contributed by atoms with E-state index in [0.29, 0.717) is 5.41 Å².